The van der Waals surface area contributed by atoms with E-state index in [0.29, 0.717) is 12.3 Å². The second kappa shape index (κ2) is 8.76. The third-order valence-corrected chi connectivity index (χ3v) is 6.95. The highest BCUT2D eigenvalue weighted by atomic mass is 32.1. The van der Waals surface area contributed by atoms with Crippen molar-refractivity contribution in [2.75, 3.05) is 13.1 Å². The summed E-state index contributed by atoms with van der Waals surface area (Å²) in [6, 6.07) is 8.27. The molecule has 1 saturated heterocycles. The standard InChI is InChI=1S/C21H23N3OS2/c25-20(24-11-7-16(8-12-24)14-19-2-1-13-26-19)4-3-18-15-27-21(23-18)17-5-9-22-10-6-17/h1-2,5-6,9-10,13,15-16H,3-4,7-8,11-12,14H2. The van der Waals surface area contributed by atoms with Crippen LogP contribution in [0, 0.1) is 5.92 Å². The number of likely N-dealkylation sites (tertiary alicyclic amines) is 1. The van der Waals surface area contributed by atoms with Crippen LogP contribution in [-0.4, -0.2) is 33.9 Å². The number of carbonyl (C=O) groups is 1. The summed E-state index contributed by atoms with van der Waals surface area (Å²) in [4.78, 5) is 24.8. The number of aryl methyl sites for hydroxylation is 1. The average molecular weight is 398 g/mol. The second-order valence-corrected chi connectivity index (χ2v) is 8.88. The Morgan fingerprint density at radius 2 is 1.96 bits per heavy atom. The van der Waals surface area contributed by atoms with E-state index < -0.39 is 0 Å². The monoisotopic (exact) mass is 397 g/mol. The van der Waals surface area contributed by atoms with Crippen molar-refractivity contribution in [1.82, 2.24) is 14.9 Å². The minimum absolute atomic E-state index is 0.267. The van der Waals surface area contributed by atoms with Crippen molar-refractivity contribution in [1.29, 1.82) is 0 Å². The zero-order valence-electron chi connectivity index (χ0n) is 15.2. The molecule has 3 aromatic rings. The molecule has 1 aliphatic rings. The van der Waals surface area contributed by atoms with E-state index in [0.717, 1.165) is 55.0 Å². The summed E-state index contributed by atoms with van der Waals surface area (Å²) in [5.41, 5.74) is 2.09. The molecule has 1 aliphatic heterocycles. The summed E-state index contributed by atoms with van der Waals surface area (Å²) in [5.74, 6) is 0.984. The Labute approximate surface area is 167 Å². The van der Waals surface area contributed by atoms with E-state index in [1.165, 1.54) is 4.88 Å². The Hall–Kier alpha value is -2.05. The van der Waals surface area contributed by atoms with Crippen LogP contribution < -0.4 is 0 Å². The van der Waals surface area contributed by atoms with Crippen LogP contribution in [0.15, 0.2) is 47.4 Å². The number of thiophene rings is 1. The number of thiazole rings is 1. The van der Waals surface area contributed by atoms with E-state index in [4.69, 9.17) is 0 Å². The summed E-state index contributed by atoms with van der Waals surface area (Å²) >= 11 is 3.47. The van der Waals surface area contributed by atoms with Crippen LogP contribution in [0.3, 0.4) is 0 Å². The fourth-order valence-electron chi connectivity index (χ4n) is 3.54. The van der Waals surface area contributed by atoms with E-state index in [2.05, 4.69) is 32.9 Å². The van der Waals surface area contributed by atoms with Gasteiger partial charge in [0.25, 0.3) is 0 Å². The van der Waals surface area contributed by atoms with Crippen LogP contribution in [0.4, 0.5) is 0 Å². The largest absolute Gasteiger partial charge is 0.343 e. The molecule has 4 nitrogen and oxygen atoms in total. The highest BCUT2D eigenvalue weighted by molar-refractivity contribution is 7.13. The smallest absolute Gasteiger partial charge is 0.222 e. The molecule has 0 N–H and O–H groups in total. The predicted molar refractivity (Wildman–Crippen MR) is 111 cm³/mol. The maximum absolute atomic E-state index is 12.6. The molecule has 0 aromatic carbocycles. The van der Waals surface area contributed by atoms with Crippen molar-refractivity contribution in [2.45, 2.75) is 32.1 Å². The minimum Gasteiger partial charge on any atom is -0.343 e. The lowest BCUT2D eigenvalue weighted by Gasteiger charge is -2.32. The van der Waals surface area contributed by atoms with Gasteiger partial charge in [0.05, 0.1) is 5.69 Å². The zero-order valence-corrected chi connectivity index (χ0v) is 16.8. The molecule has 140 valence electrons. The summed E-state index contributed by atoms with van der Waals surface area (Å²) in [7, 11) is 0. The summed E-state index contributed by atoms with van der Waals surface area (Å²) in [5, 5.41) is 5.21. The quantitative estimate of drug-likeness (QED) is 0.607. The van der Waals surface area contributed by atoms with Gasteiger partial charge in [0.15, 0.2) is 0 Å². The van der Waals surface area contributed by atoms with Crippen LogP contribution in [0.25, 0.3) is 10.6 Å². The number of aromatic nitrogens is 2. The molecular formula is C21H23N3OS2. The maximum atomic E-state index is 12.6. The fraction of sp³-hybridized carbons (Fsp3) is 0.381. The van der Waals surface area contributed by atoms with Gasteiger partial charge in [-0.25, -0.2) is 4.98 Å². The van der Waals surface area contributed by atoms with Gasteiger partial charge in [0.2, 0.25) is 5.91 Å². The normalized spacial score (nSPS) is 15.2. The Bertz CT molecular complexity index is 853. The fourth-order valence-corrected chi connectivity index (χ4v) is 5.22. The van der Waals surface area contributed by atoms with Crippen molar-refractivity contribution in [3.63, 3.8) is 0 Å². The lowest BCUT2D eigenvalue weighted by Crippen LogP contribution is -2.39. The first-order valence-electron chi connectivity index (χ1n) is 9.43. The van der Waals surface area contributed by atoms with Gasteiger partial charge in [-0.15, -0.1) is 22.7 Å². The molecule has 0 bridgehead atoms. The SMILES string of the molecule is O=C(CCc1csc(-c2ccncc2)n1)N1CCC(Cc2cccs2)CC1. The first-order valence-corrected chi connectivity index (χ1v) is 11.2. The van der Waals surface area contributed by atoms with Gasteiger partial charge in [-0.2, -0.15) is 0 Å². The topological polar surface area (TPSA) is 46.1 Å². The van der Waals surface area contributed by atoms with Crippen molar-refractivity contribution in [3.8, 4) is 10.6 Å². The lowest BCUT2D eigenvalue weighted by molar-refractivity contribution is -0.132. The predicted octanol–water partition coefficient (Wildman–Crippen LogP) is 4.68. The molecule has 0 atom stereocenters. The van der Waals surface area contributed by atoms with E-state index in [-0.39, 0.29) is 5.91 Å². The van der Waals surface area contributed by atoms with Crippen LogP contribution in [0.1, 0.15) is 29.8 Å². The van der Waals surface area contributed by atoms with Crippen LogP contribution in [-0.2, 0) is 17.6 Å². The number of hydrogen-bond donors (Lipinski definition) is 0. The van der Waals surface area contributed by atoms with E-state index >= 15 is 0 Å². The molecule has 3 aromatic heterocycles. The molecule has 0 saturated carbocycles. The van der Waals surface area contributed by atoms with Crippen LogP contribution in [0.5, 0.6) is 0 Å². The lowest BCUT2D eigenvalue weighted by atomic mass is 9.92. The Morgan fingerprint density at radius 1 is 1.15 bits per heavy atom. The van der Waals surface area contributed by atoms with Crippen molar-refractivity contribution in [3.05, 3.63) is 58.0 Å². The molecule has 0 spiro atoms. The zero-order chi connectivity index (χ0) is 18.5. The average Bonchev–Trinajstić information content (AvgIpc) is 3.39. The molecule has 27 heavy (non-hydrogen) atoms. The number of carbonyl (C=O) groups excluding carboxylic acids is 1. The Balaban J connectivity index is 1.24. The molecule has 0 unspecified atom stereocenters. The molecular weight excluding hydrogens is 374 g/mol. The molecule has 6 heteroatoms. The second-order valence-electron chi connectivity index (χ2n) is 6.99. The number of nitrogens with zero attached hydrogens (tertiary/aromatic N) is 3. The molecule has 4 rings (SSSR count). The molecule has 0 radical (unpaired) electrons. The number of hydrogen-bond acceptors (Lipinski definition) is 5. The number of pyridine rings is 1. The van der Waals surface area contributed by atoms with Crippen LogP contribution in [0.2, 0.25) is 0 Å². The van der Waals surface area contributed by atoms with Gasteiger partial charge < -0.3 is 4.90 Å². The number of amides is 1. The molecule has 0 aliphatic carbocycles. The Kier molecular flexibility index (Phi) is 5.94. The van der Waals surface area contributed by atoms with Gasteiger partial charge in [0, 0.05) is 47.7 Å². The van der Waals surface area contributed by atoms with Gasteiger partial charge >= 0.3 is 0 Å². The minimum atomic E-state index is 0.267. The van der Waals surface area contributed by atoms with Gasteiger partial charge in [-0.3, -0.25) is 9.78 Å². The number of rotatable bonds is 6. The molecule has 1 amide bonds. The maximum Gasteiger partial charge on any atom is 0.222 e. The summed E-state index contributed by atoms with van der Waals surface area (Å²) in [6.07, 6.45) is 8.23. The van der Waals surface area contributed by atoms with E-state index in [1.807, 2.05) is 28.4 Å². The third-order valence-electron chi connectivity index (χ3n) is 5.11. The third kappa shape index (κ3) is 4.82. The summed E-state index contributed by atoms with van der Waals surface area (Å²) < 4.78 is 0. The van der Waals surface area contributed by atoms with Crippen molar-refractivity contribution >= 4 is 28.6 Å². The van der Waals surface area contributed by atoms with Crippen molar-refractivity contribution < 1.29 is 4.79 Å². The van der Waals surface area contributed by atoms with Crippen molar-refractivity contribution in [2.24, 2.45) is 5.92 Å². The molecule has 4 heterocycles. The van der Waals surface area contributed by atoms with E-state index in [9.17, 15) is 4.79 Å². The van der Waals surface area contributed by atoms with Gasteiger partial charge in [0.1, 0.15) is 5.01 Å². The van der Waals surface area contributed by atoms with Gasteiger partial charge in [-0.1, -0.05) is 6.07 Å². The highest BCUT2D eigenvalue weighted by Crippen LogP contribution is 2.25. The summed E-state index contributed by atoms with van der Waals surface area (Å²) in [6.45, 7) is 1.79. The van der Waals surface area contributed by atoms with E-state index in [1.54, 1.807) is 23.7 Å². The first-order chi connectivity index (χ1) is 13.3. The Morgan fingerprint density at radius 3 is 2.70 bits per heavy atom. The van der Waals surface area contributed by atoms with Crippen LogP contribution >= 0.6 is 22.7 Å². The van der Waals surface area contributed by atoms with Gasteiger partial charge in [-0.05, 0) is 55.2 Å². The number of piperidine rings is 1. The highest BCUT2D eigenvalue weighted by Gasteiger charge is 2.23. The first kappa shape index (κ1) is 18.3. The molecule has 1 fully saturated rings.